The molecule has 0 saturated carbocycles. The summed E-state index contributed by atoms with van der Waals surface area (Å²) < 4.78 is 5.34. The van der Waals surface area contributed by atoms with E-state index in [1.54, 1.807) is 11.9 Å². The van der Waals surface area contributed by atoms with Gasteiger partial charge in [0.05, 0.1) is 13.0 Å². The predicted molar refractivity (Wildman–Crippen MR) is 61.8 cm³/mol. The summed E-state index contributed by atoms with van der Waals surface area (Å²) in [5, 5.41) is 11.0. The summed E-state index contributed by atoms with van der Waals surface area (Å²) in [5.41, 5.74) is 0. The second-order valence-corrected chi connectivity index (χ2v) is 4.34. The maximum atomic E-state index is 11.6. The van der Waals surface area contributed by atoms with Crippen molar-refractivity contribution < 1.29 is 19.4 Å². The van der Waals surface area contributed by atoms with Gasteiger partial charge in [-0.05, 0) is 12.8 Å². The summed E-state index contributed by atoms with van der Waals surface area (Å²) in [5.74, 6) is -0.521. The van der Waals surface area contributed by atoms with Gasteiger partial charge in [-0.25, -0.2) is 4.79 Å². The Balaban J connectivity index is 2.18. The second-order valence-electron chi connectivity index (χ2n) is 4.34. The Morgan fingerprint density at radius 1 is 1.53 bits per heavy atom. The molecule has 1 fully saturated rings. The lowest BCUT2D eigenvalue weighted by Gasteiger charge is -2.27. The zero-order valence-electron chi connectivity index (χ0n) is 10.1. The number of ether oxygens (including phenoxy) is 1. The van der Waals surface area contributed by atoms with Gasteiger partial charge in [0.25, 0.3) is 0 Å². The molecule has 6 heteroatoms. The number of hydrogen-bond acceptors (Lipinski definition) is 3. The van der Waals surface area contributed by atoms with Gasteiger partial charge in [-0.1, -0.05) is 0 Å². The van der Waals surface area contributed by atoms with Crippen LogP contribution in [0.2, 0.25) is 0 Å². The first-order valence-corrected chi connectivity index (χ1v) is 5.88. The van der Waals surface area contributed by atoms with Crippen LogP contribution in [0.4, 0.5) is 4.79 Å². The normalized spacial score (nSPS) is 19.7. The average molecular weight is 244 g/mol. The molecule has 6 nitrogen and oxygen atoms in total. The van der Waals surface area contributed by atoms with Crippen molar-refractivity contribution in [3.8, 4) is 0 Å². The monoisotopic (exact) mass is 244 g/mol. The number of rotatable bonds is 5. The fraction of sp³-hybridized carbons (Fsp3) is 0.818. The molecule has 0 aromatic rings. The summed E-state index contributed by atoms with van der Waals surface area (Å²) in [7, 11) is 1.71. The van der Waals surface area contributed by atoms with Crippen LogP contribution in [0.1, 0.15) is 19.3 Å². The van der Waals surface area contributed by atoms with Crippen molar-refractivity contribution in [3.63, 3.8) is 0 Å². The van der Waals surface area contributed by atoms with Crippen molar-refractivity contribution in [1.82, 2.24) is 10.2 Å². The second kappa shape index (κ2) is 7.11. The van der Waals surface area contributed by atoms with E-state index >= 15 is 0 Å². The van der Waals surface area contributed by atoms with Crippen LogP contribution < -0.4 is 5.32 Å². The van der Waals surface area contributed by atoms with Gasteiger partial charge in [-0.3, -0.25) is 4.79 Å². The largest absolute Gasteiger partial charge is 0.481 e. The van der Waals surface area contributed by atoms with Crippen LogP contribution in [-0.2, 0) is 9.53 Å². The van der Waals surface area contributed by atoms with Gasteiger partial charge in [0.1, 0.15) is 0 Å². The average Bonchev–Trinajstić information content (AvgIpc) is 2.29. The minimum atomic E-state index is -0.909. The molecule has 0 aromatic carbocycles. The summed E-state index contributed by atoms with van der Waals surface area (Å²) >= 11 is 0. The van der Waals surface area contributed by atoms with Gasteiger partial charge in [-0.15, -0.1) is 0 Å². The van der Waals surface area contributed by atoms with Gasteiger partial charge in [0.15, 0.2) is 0 Å². The number of carboxylic acid groups (broad SMARTS) is 1. The van der Waals surface area contributed by atoms with Crippen LogP contribution >= 0.6 is 0 Å². The maximum Gasteiger partial charge on any atom is 0.317 e. The van der Waals surface area contributed by atoms with Crippen LogP contribution in [0.15, 0.2) is 0 Å². The molecule has 1 rings (SSSR count). The molecule has 98 valence electrons. The van der Waals surface area contributed by atoms with E-state index in [1.807, 2.05) is 0 Å². The lowest BCUT2D eigenvalue weighted by atomic mass is 10.0. The Morgan fingerprint density at radius 2 is 2.29 bits per heavy atom. The first-order valence-electron chi connectivity index (χ1n) is 5.88. The Bertz CT molecular complexity index is 264. The lowest BCUT2D eigenvalue weighted by molar-refractivity contribution is -0.136. The van der Waals surface area contributed by atoms with E-state index in [2.05, 4.69) is 5.32 Å². The number of amides is 2. The van der Waals surface area contributed by atoms with Crippen molar-refractivity contribution in [3.05, 3.63) is 0 Å². The lowest BCUT2D eigenvalue weighted by Crippen LogP contribution is -2.42. The highest BCUT2D eigenvalue weighted by Crippen LogP contribution is 2.14. The van der Waals surface area contributed by atoms with Gasteiger partial charge >= 0.3 is 12.0 Å². The third-order valence-electron chi connectivity index (χ3n) is 2.75. The van der Waals surface area contributed by atoms with Crippen LogP contribution in [0.3, 0.4) is 0 Å². The fourth-order valence-corrected chi connectivity index (χ4v) is 1.83. The molecule has 0 aromatic heterocycles. The highest BCUT2D eigenvalue weighted by Gasteiger charge is 2.18. The molecule has 17 heavy (non-hydrogen) atoms. The molecule has 1 saturated heterocycles. The third-order valence-corrected chi connectivity index (χ3v) is 2.75. The Hall–Kier alpha value is -1.30. The SMILES string of the molecule is CN(CC1CCCOC1)C(=O)NCCC(=O)O. The number of nitrogens with zero attached hydrogens (tertiary/aromatic N) is 1. The summed E-state index contributed by atoms with van der Waals surface area (Å²) in [6.45, 7) is 2.33. The highest BCUT2D eigenvalue weighted by molar-refractivity contribution is 5.74. The van der Waals surface area contributed by atoms with Crippen LogP contribution in [0.5, 0.6) is 0 Å². The van der Waals surface area contributed by atoms with Crippen molar-refractivity contribution >= 4 is 12.0 Å². The predicted octanol–water partition coefficient (Wildman–Crippen LogP) is 0.529. The van der Waals surface area contributed by atoms with Gasteiger partial charge in [0, 0.05) is 32.7 Å². The van der Waals surface area contributed by atoms with Crippen molar-refractivity contribution in [2.75, 3.05) is 33.4 Å². The van der Waals surface area contributed by atoms with Gasteiger partial charge in [-0.2, -0.15) is 0 Å². The van der Waals surface area contributed by atoms with E-state index in [0.29, 0.717) is 19.1 Å². The maximum absolute atomic E-state index is 11.6. The molecule has 1 aliphatic heterocycles. The fourth-order valence-electron chi connectivity index (χ4n) is 1.83. The minimum Gasteiger partial charge on any atom is -0.481 e. The smallest absolute Gasteiger partial charge is 0.317 e. The molecule has 1 heterocycles. The molecule has 2 N–H and O–H groups in total. The summed E-state index contributed by atoms with van der Waals surface area (Å²) in [4.78, 5) is 23.4. The first kappa shape index (κ1) is 13.8. The van der Waals surface area contributed by atoms with Gasteiger partial charge in [0.2, 0.25) is 0 Å². The number of carboxylic acids is 1. The minimum absolute atomic E-state index is 0.0495. The third kappa shape index (κ3) is 5.53. The molecule has 1 aliphatic rings. The van der Waals surface area contributed by atoms with Crippen LogP contribution in [0.25, 0.3) is 0 Å². The van der Waals surface area contributed by atoms with E-state index in [1.165, 1.54) is 0 Å². The van der Waals surface area contributed by atoms with Crippen molar-refractivity contribution in [1.29, 1.82) is 0 Å². The van der Waals surface area contributed by atoms with E-state index in [4.69, 9.17) is 9.84 Å². The summed E-state index contributed by atoms with van der Waals surface area (Å²) in [6.07, 6.45) is 2.07. The topological polar surface area (TPSA) is 78.9 Å². The Labute approximate surface area is 101 Å². The number of carbonyl (C=O) groups is 2. The van der Waals surface area contributed by atoms with E-state index in [9.17, 15) is 9.59 Å². The number of urea groups is 1. The number of carbonyl (C=O) groups excluding carboxylic acids is 1. The number of nitrogens with one attached hydrogen (secondary N) is 1. The molecular formula is C11H20N2O4. The standard InChI is InChI=1S/C11H20N2O4/c1-13(7-9-3-2-6-17-8-9)11(16)12-5-4-10(14)15/h9H,2-8H2,1H3,(H,12,16)(H,14,15). The zero-order valence-corrected chi connectivity index (χ0v) is 10.1. The molecule has 0 spiro atoms. The first-order chi connectivity index (χ1) is 8.09. The molecular weight excluding hydrogens is 224 g/mol. The molecule has 2 amide bonds. The quantitative estimate of drug-likeness (QED) is 0.739. The van der Waals surface area contributed by atoms with E-state index in [-0.39, 0.29) is 19.0 Å². The molecule has 0 radical (unpaired) electrons. The van der Waals surface area contributed by atoms with Crippen molar-refractivity contribution in [2.45, 2.75) is 19.3 Å². The zero-order chi connectivity index (χ0) is 12.7. The van der Waals surface area contributed by atoms with Gasteiger partial charge < -0.3 is 20.1 Å². The van der Waals surface area contributed by atoms with E-state index in [0.717, 1.165) is 19.4 Å². The number of aliphatic carboxylic acids is 1. The van der Waals surface area contributed by atoms with Crippen LogP contribution in [0, 0.1) is 5.92 Å². The number of hydrogen-bond donors (Lipinski definition) is 2. The summed E-state index contributed by atoms with van der Waals surface area (Å²) in [6, 6.07) is -0.225. The highest BCUT2D eigenvalue weighted by atomic mass is 16.5. The molecule has 1 unspecified atom stereocenters. The molecule has 0 bridgehead atoms. The van der Waals surface area contributed by atoms with E-state index < -0.39 is 5.97 Å². The Morgan fingerprint density at radius 3 is 2.88 bits per heavy atom. The molecule has 1 atom stereocenters. The Kier molecular flexibility index (Phi) is 5.76. The molecule has 0 aliphatic carbocycles. The van der Waals surface area contributed by atoms with Crippen molar-refractivity contribution in [2.24, 2.45) is 5.92 Å². The van der Waals surface area contributed by atoms with Crippen LogP contribution in [-0.4, -0.2) is 55.4 Å².